The van der Waals surface area contributed by atoms with Gasteiger partial charge in [0.05, 0.1) is 16.6 Å². The molecule has 3 heterocycles. The molecule has 1 N–H and O–H groups in total. The topological polar surface area (TPSA) is 36.4 Å². The van der Waals surface area contributed by atoms with Crippen molar-refractivity contribution in [2.45, 2.75) is 25.0 Å². The third-order valence-corrected chi connectivity index (χ3v) is 5.42. The van der Waals surface area contributed by atoms with Crippen LogP contribution in [0, 0.1) is 5.92 Å². The molecule has 0 saturated carbocycles. The summed E-state index contributed by atoms with van der Waals surface area (Å²) in [5.41, 5.74) is 1.59. The average molecular weight is 323 g/mol. The van der Waals surface area contributed by atoms with Crippen molar-refractivity contribution in [2.24, 2.45) is 5.92 Å². The molecule has 21 heavy (non-hydrogen) atoms. The summed E-state index contributed by atoms with van der Waals surface area (Å²) in [6.45, 7) is 2.19. The van der Waals surface area contributed by atoms with E-state index in [4.69, 9.17) is 23.2 Å². The standard InChI is InChI=1S/C16H16Cl2N2O/c17-10-7-12-11(1-4-19-14(12)13(18)8-10)16(21)15-9-2-5-20(15)6-3-9/h1,4,7-9,15-16,21H,2-3,5-6H2. The molecule has 0 aliphatic carbocycles. The molecule has 2 unspecified atom stereocenters. The number of pyridine rings is 1. The maximum Gasteiger partial charge on any atom is 0.0954 e. The van der Waals surface area contributed by atoms with E-state index in [1.54, 1.807) is 12.3 Å². The Morgan fingerprint density at radius 2 is 2.00 bits per heavy atom. The lowest BCUT2D eigenvalue weighted by atomic mass is 9.91. The van der Waals surface area contributed by atoms with Crippen molar-refractivity contribution in [1.82, 2.24) is 9.88 Å². The van der Waals surface area contributed by atoms with E-state index >= 15 is 0 Å². The molecule has 5 heteroatoms. The lowest BCUT2D eigenvalue weighted by Gasteiger charge is -2.26. The maximum atomic E-state index is 10.9. The minimum Gasteiger partial charge on any atom is -0.387 e. The number of hydrogen-bond acceptors (Lipinski definition) is 3. The van der Waals surface area contributed by atoms with Crippen LogP contribution in [0.5, 0.6) is 0 Å². The Labute approximate surface area is 133 Å². The van der Waals surface area contributed by atoms with E-state index in [0.29, 0.717) is 21.5 Å². The summed E-state index contributed by atoms with van der Waals surface area (Å²) in [7, 11) is 0. The first-order valence-electron chi connectivity index (χ1n) is 7.31. The molecule has 2 aromatic rings. The summed E-state index contributed by atoms with van der Waals surface area (Å²) in [6.07, 6.45) is 3.57. The van der Waals surface area contributed by atoms with E-state index in [1.807, 2.05) is 12.1 Å². The first-order valence-corrected chi connectivity index (χ1v) is 8.06. The fourth-order valence-corrected chi connectivity index (χ4v) is 4.50. The third-order valence-electron chi connectivity index (χ3n) is 4.92. The van der Waals surface area contributed by atoms with E-state index in [9.17, 15) is 5.11 Å². The second kappa shape index (κ2) is 5.10. The molecule has 110 valence electrons. The SMILES string of the molecule is OC(c1ccnc2c(Cl)cc(Cl)cc12)C1C2CCN1CC2. The van der Waals surface area contributed by atoms with Crippen LogP contribution in [-0.4, -0.2) is 34.1 Å². The molecule has 1 aromatic heterocycles. The van der Waals surface area contributed by atoms with Crippen molar-refractivity contribution in [1.29, 1.82) is 0 Å². The van der Waals surface area contributed by atoms with Gasteiger partial charge in [-0.15, -0.1) is 0 Å². The highest BCUT2D eigenvalue weighted by Gasteiger charge is 2.44. The van der Waals surface area contributed by atoms with Gasteiger partial charge in [-0.25, -0.2) is 0 Å². The molecule has 2 bridgehead atoms. The highest BCUT2D eigenvalue weighted by Crippen LogP contribution is 2.42. The molecule has 2 fully saturated rings. The van der Waals surface area contributed by atoms with Gasteiger partial charge < -0.3 is 5.11 Å². The molecule has 2 aliphatic heterocycles. The number of piperidine rings is 1. The normalized spacial score (nSPS) is 29.2. The Morgan fingerprint density at radius 1 is 1.24 bits per heavy atom. The van der Waals surface area contributed by atoms with Gasteiger partial charge >= 0.3 is 0 Å². The number of nitrogens with zero attached hydrogens (tertiary/aromatic N) is 2. The van der Waals surface area contributed by atoms with E-state index in [-0.39, 0.29) is 6.04 Å². The van der Waals surface area contributed by atoms with Gasteiger partial charge in [0.25, 0.3) is 0 Å². The van der Waals surface area contributed by atoms with E-state index in [1.165, 1.54) is 12.8 Å². The van der Waals surface area contributed by atoms with Crippen LogP contribution in [0.25, 0.3) is 10.9 Å². The van der Waals surface area contributed by atoms with Gasteiger partial charge in [0.15, 0.2) is 0 Å². The second-order valence-electron chi connectivity index (χ2n) is 5.99. The minimum atomic E-state index is -0.514. The van der Waals surface area contributed by atoms with Crippen LogP contribution < -0.4 is 0 Å². The summed E-state index contributed by atoms with van der Waals surface area (Å²) in [5.74, 6) is 0.595. The van der Waals surface area contributed by atoms with Crippen LogP contribution >= 0.6 is 23.2 Å². The highest BCUT2D eigenvalue weighted by molar-refractivity contribution is 6.38. The number of benzene rings is 1. The van der Waals surface area contributed by atoms with Gasteiger partial charge in [0, 0.05) is 22.6 Å². The van der Waals surface area contributed by atoms with Gasteiger partial charge in [0.1, 0.15) is 0 Å². The zero-order chi connectivity index (χ0) is 14.6. The lowest BCUT2D eigenvalue weighted by Crippen LogP contribution is -2.31. The van der Waals surface area contributed by atoms with Crippen LogP contribution in [0.2, 0.25) is 10.0 Å². The minimum absolute atomic E-state index is 0.216. The van der Waals surface area contributed by atoms with Gasteiger partial charge in [0.2, 0.25) is 0 Å². The van der Waals surface area contributed by atoms with Crippen molar-refractivity contribution >= 4 is 34.1 Å². The molecule has 0 amide bonds. The summed E-state index contributed by atoms with van der Waals surface area (Å²) in [4.78, 5) is 6.73. The summed E-state index contributed by atoms with van der Waals surface area (Å²) in [6, 6.07) is 5.64. The van der Waals surface area contributed by atoms with Gasteiger partial charge in [-0.3, -0.25) is 9.88 Å². The molecule has 0 radical (unpaired) electrons. The highest BCUT2D eigenvalue weighted by atomic mass is 35.5. The largest absolute Gasteiger partial charge is 0.387 e. The predicted octanol–water partition coefficient (Wildman–Crippen LogP) is 3.67. The van der Waals surface area contributed by atoms with Gasteiger partial charge in [-0.05, 0) is 55.6 Å². The Hall–Kier alpha value is -0.870. The molecule has 0 spiro atoms. The van der Waals surface area contributed by atoms with Crippen LogP contribution in [0.4, 0.5) is 0 Å². The van der Waals surface area contributed by atoms with Crippen molar-refractivity contribution in [3.8, 4) is 0 Å². The molecule has 2 aliphatic rings. The molecule has 2 atom stereocenters. The van der Waals surface area contributed by atoms with Crippen LogP contribution in [0.1, 0.15) is 24.5 Å². The smallest absolute Gasteiger partial charge is 0.0954 e. The fourth-order valence-electron chi connectivity index (χ4n) is 3.96. The van der Waals surface area contributed by atoms with Crippen molar-refractivity contribution in [3.05, 3.63) is 40.0 Å². The zero-order valence-electron chi connectivity index (χ0n) is 11.5. The number of aromatic nitrogens is 1. The number of halogens is 2. The first kappa shape index (κ1) is 13.8. The predicted molar refractivity (Wildman–Crippen MR) is 84.8 cm³/mol. The lowest BCUT2D eigenvalue weighted by molar-refractivity contribution is 0.0843. The fraction of sp³-hybridized carbons (Fsp3) is 0.438. The van der Waals surface area contributed by atoms with Crippen molar-refractivity contribution < 1.29 is 5.11 Å². The molecule has 3 nitrogen and oxygen atoms in total. The van der Waals surface area contributed by atoms with E-state index < -0.39 is 6.10 Å². The molecule has 1 aromatic carbocycles. The Kier molecular flexibility index (Phi) is 3.34. The average Bonchev–Trinajstić information content (AvgIpc) is 3.06. The van der Waals surface area contributed by atoms with Gasteiger partial charge in [-0.1, -0.05) is 23.2 Å². The Balaban J connectivity index is 1.83. The number of aliphatic hydroxyl groups is 1. The third kappa shape index (κ3) is 2.15. The molecular formula is C16H16Cl2N2O. The van der Waals surface area contributed by atoms with Crippen LogP contribution in [-0.2, 0) is 0 Å². The van der Waals surface area contributed by atoms with Crippen molar-refractivity contribution in [2.75, 3.05) is 13.1 Å². The Morgan fingerprint density at radius 3 is 2.67 bits per heavy atom. The zero-order valence-corrected chi connectivity index (χ0v) is 13.0. The number of aliphatic hydroxyl groups excluding tert-OH is 1. The second-order valence-corrected chi connectivity index (χ2v) is 6.84. The summed E-state index contributed by atoms with van der Waals surface area (Å²) >= 11 is 12.4. The number of hydrogen-bond donors (Lipinski definition) is 1. The Bertz CT molecular complexity index is 686. The number of rotatable bonds is 2. The van der Waals surface area contributed by atoms with Crippen LogP contribution in [0.3, 0.4) is 0 Å². The monoisotopic (exact) mass is 322 g/mol. The first-order chi connectivity index (χ1) is 10.1. The summed E-state index contributed by atoms with van der Waals surface area (Å²) < 4.78 is 0. The number of fused-ring (bicyclic) bond motifs is 3. The molecule has 2 saturated heterocycles. The molecule has 4 rings (SSSR count). The summed E-state index contributed by atoms with van der Waals surface area (Å²) in [5, 5.41) is 12.9. The van der Waals surface area contributed by atoms with Gasteiger partial charge in [-0.2, -0.15) is 0 Å². The van der Waals surface area contributed by atoms with E-state index in [2.05, 4.69) is 9.88 Å². The van der Waals surface area contributed by atoms with Crippen molar-refractivity contribution in [3.63, 3.8) is 0 Å². The quantitative estimate of drug-likeness (QED) is 0.916. The maximum absolute atomic E-state index is 10.9. The van der Waals surface area contributed by atoms with E-state index in [0.717, 1.165) is 24.0 Å². The van der Waals surface area contributed by atoms with Crippen LogP contribution in [0.15, 0.2) is 24.4 Å². The molecular weight excluding hydrogens is 307 g/mol.